The van der Waals surface area contributed by atoms with E-state index >= 15 is 0 Å². The fraction of sp³-hybridized carbons (Fsp3) is 0.357. The molecule has 0 saturated heterocycles. The third kappa shape index (κ3) is 3.33. The van der Waals surface area contributed by atoms with E-state index in [1.807, 2.05) is 26.1 Å². The summed E-state index contributed by atoms with van der Waals surface area (Å²) in [6, 6.07) is 1.97. The van der Waals surface area contributed by atoms with Gasteiger partial charge < -0.3 is 10.1 Å². The Morgan fingerprint density at radius 1 is 1.45 bits per heavy atom. The summed E-state index contributed by atoms with van der Waals surface area (Å²) < 4.78 is 4.97. The minimum Gasteiger partial charge on any atom is -0.461 e. The average molecular weight is 291 g/mol. The van der Waals surface area contributed by atoms with Gasteiger partial charge in [-0.3, -0.25) is 4.98 Å². The molecule has 0 fully saturated rings. The van der Waals surface area contributed by atoms with Crippen LogP contribution in [0.2, 0.25) is 0 Å². The van der Waals surface area contributed by atoms with Gasteiger partial charge in [0.25, 0.3) is 0 Å². The van der Waals surface area contributed by atoms with E-state index in [9.17, 15) is 4.79 Å². The number of carbonyl (C=O) groups excluding carboxylic acids is 1. The summed E-state index contributed by atoms with van der Waals surface area (Å²) in [7, 11) is 0. The first kappa shape index (κ1) is 14.5. The van der Waals surface area contributed by atoms with Crippen LogP contribution >= 0.6 is 11.3 Å². The molecule has 0 unspecified atom stereocenters. The average Bonchev–Trinajstić information content (AvgIpc) is 2.79. The molecule has 5 nitrogen and oxygen atoms in total. The number of thiazole rings is 1. The Morgan fingerprint density at radius 3 is 2.95 bits per heavy atom. The van der Waals surface area contributed by atoms with Gasteiger partial charge in [-0.25, -0.2) is 9.78 Å². The van der Waals surface area contributed by atoms with Gasteiger partial charge in [-0.1, -0.05) is 0 Å². The number of hydrogen-bond acceptors (Lipinski definition) is 6. The van der Waals surface area contributed by atoms with Crippen molar-refractivity contribution in [1.29, 1.82) is 0 Å². The first-order valence-corrected chi connectivity index (χ1v) is 7.21. The molecule has 2 rings (SSSR count). The Bertz CT molecular complexity index is 610. The Morgan fingerprint density at radius 2 is 2.25 bits per heavy atom. The van der Waals surface area contributed by atoms with Gasteiger partial charge in [-0.15, -0.1) is 11.3 Å². The summed E-state index contributed by atoms with van der Waals surface area (Å²) in [6.45, 7) is 6.67. The normalized spacial score (nSPS) is 10.3. The zero-order chi connectivity index (χ0) is 14.5. The van der Waals surface area contributed by atoms with Gasteiger partial charge in [-0.05, 0) is 38.0 Å². The van der Waals surface area contributed by atoms with Crippen molar-refractivity contribution in [2.45, 2.75) is 27.3 Å². The summed E-state index contributed by atoms with van der Waals surface area (Å²) in [5.41, 5.74) is 2.67. The van der Waals surface area contributed by atoms with Crippen LogP contribution in [0.25, 0.3) is 0 Å². The summed E-state index contributed by atoms with van der Waals surface area (Å²) in [5.74, 6) is -0.369. The van der Waals surface area contributed by atoms with Crippen LogP contribution < -0.4 is 5.32 Å². The molecule has 0 aliphatic rings. The molecule has 0 aromatic carbocycles. The van der Waals surface area contributed by atoms with Gasteiger partial charge in [-0.2, -0.15) is 0 Å². The zero-order valence-electron chi connectivity index (χ0n) is 11.8. The minimum absolute atomic E-state index is 0.355. The van der Waals surface area contributed by atoms with E-state index in [2.05, 4.69) is 15.3 Å². The molecule has 0 aliphatic heterocycles. The molecule has 0 bridgehead atoms. The molecule has 6 heteroatoms. The van der Waals surface area contributed by atoms with Gasteiger partial charge in [0.05, 0.1) is 6.61 Å². The lowest BCUT2D eigenvalue weighted by Gasteiger charge is -2.05. The summed E-state index contributed by atoms with van der Waals surface area (Å²) in [6.07, 6.45) is 3.60. The van der Waals surface area contributed by atoms with Crippen molar-refractivity contribution in [1.82, 2.24) is 9.97 Å². The van der Waals surface area contributed by atoms with Crippen LogP contribution in [0, 0.1) is 13.8 Å². The van der Waals surface area contributed by atoms with Gasteiger partial charge in [0.2, 0.25) is 0 Å². The molecule has 0 radical (unpaired) electrons. The van der Waals surface area contributed by atoms with E-state index in [1.165, 1.54) is 16.9 Å². The first-order chi connectivity index (χ1) is 9.61. The molecule has 0 spiro atoms. The number of nitrogens with zero attached hydrogens (tertiary/aromatic N) is 2. The fourth-order valence-corrected chi connectivity index (χ4v) is 2.51. The number of nitrogens with one attached hydrogen (secondary N) is 1. The molecule has 2 heterocycles. The molecule has 1 N–H and O–H groups in total. The molecule has 0 atom stereocenters. The zero-order valence-corrected chi connectivity index (χ0v) is 12.6. The molecular formula is C14H17N3O2S. The van der Waals surface area contributed by atoms with E-state index in [-0.39, 0.29) is 5.97 Å². The van der Waals surface area contributed by atoms with E-state index in [0.29, 0.717) is 24.0 Å². The van der Waals surface area contributed by atoms with Crippen molar-refractivity contribution < 1.29 is 9.53 Å². The highest BCUT2D eigenvalue weighted by Gasteiger charge is 2.16. The Labute approximate surface area is 122 Å². The van der Waals surface area contributed by atoms with Crippen molar-refractivity contribution in [3.05, 3.63) is 40.2 Å². The van der Waals surface area contributed by atoms with Crippen molar-refractivity contribution >= 4 is 22.4 Å². The standard InChI is InChI=1S/C14H17N3O2S/c1-4-19-13(18)12-10(3)20-14(17-12)16-8-11-7-15-6-5-9(11)2/h5-7H,4,8H2,1-3H3,(H,16,17). The molecule has 106 valence electrons. The molecule has 0 amide bonds. The number of ether oxygens (including phenoxy) is 1. The highest BCUT2D eigenvalue weighted by molar-refractivity contribution is 7.15. The summed E-state index contributed by atoms with van der Waals surface area (Å²) in [4.78, 5) is 20.9. The number of carbonyl (C=O) groups is 1. The van der Waals surface area contributed by atoms with Gasteiger partial charge in [0.1, 0.15) is 0 Å². The topological polar surface area (TPSA) is 64.1 Å². The number of aromatic nitrogens is 2. The van der Waals surface area contributed by atoms with Gasteiger partial charge in [0.15, 0.2) is 10.8 Å². The minimum atomic E-state index is -0.369. The maximum absolute atomic E-state index is 11.7. The lowest BCUT2D eigenvalue weighted by atomic mass is 10.2. The van der Waals surface area contributed by atoms with E-state index in [4.69, 9.17) is 4.74 Å². The van der Waals surface area contributed by atoms with Gasteiger partial charge in [0, 0.05) is 23.8 Å². The maximum atomic E-state index is 11.7. The smallest absolute Gasteiger partial charge is 0.358 e. The predicted molar refractivity (Wildman–Crippen MR) is 79.1 cm³/mol. The van der Waals surface area contributed by atoms with Crippen LogP contribution in [0.5, 0.6) is 0 Å². The molecular weight excluding hydrogens is 274 g/mol. The lowest BCUT2D eigenvalue weighted by molar-refractivity contribution is 0.0519. The Balaban J connectivity index is 2.06. The Hall–Kier alpha value is -1.95. The molecule has 0 saturated carbocycles. The largest absolute Gasteiger partial charge is 0.461 e. The predicted octanol–water partition coefficient (Wildman–Crippen LogP) is 2.94. The van der Waals surface area contributed by atoms with Crippen molar-refractivity contribution in [3.63, 3.8) is 0 Å². The third-order valence-corrected chi connectivity index (χ3v) is 3.77. The van der Waals surface area contributed by atoms with E-state index in [0.717, 1.165) is 10.4 Å². The quantitative estimate of drug-likeness (QED) is 0.858. The number of rotatable bonds is 5. The summed E-state index contributed by atoms with van der Waals surface area (Å²) in [5, 5.41) is 3.94. The number of hydrogen-bond donors (Lipinski definition) is 1. The molecule has 2 aromatic rings. The molecule has 20 heavy (non-hydrogen) atoms. The maximum Gasteiger partial charge on any atom is 0.358 e. The highest BCUT2D eigenvalue weighted by atomic mass is 32.1. The third-order valence-electron chi connectivity index (χ3n) is 2.84. The first-order valence-electron chi connectivity index (χ1n) is 6.39. The lowest BCUT2D eigenvalue weighted by Crippen LogP contribution is -2.07. The van der Waals surface area contributed by atoms with Crippen molar-refractivity contribution in [2.75, 3.05) is 11.9 Å². The number of pyridine rings is 1. The molecule has 2 aromatic heterocycles. The number of aryl methyl sites for hydroxylation is 2. The van der Waals surface area contributed by atoms with Crippen molar-refractivity contribution in [3.8, 4) is 0 Å². The van der Waals surface area contributed by atoms with Crippen LogP contribution in [0.1, 0.15) is 33.4 Å². The van der Waals surface area contributed by atoms with Crippen LogP contribution in [0.4, 0.5) is 5.13 Å². The highest BCUT2D eigenvalue weighted by Crippen LogP contribution is 2.23. The second-order valence-corrected chi connectivity index (χ2v) is 5.50. The van der Waals surface area contributed by atoms with E-state index in [1.54, 1.807) is 13.1 Å². The monoisotopic (exact) mass is 291 g/mol. The van der Waals surface area contributed by atoms with Gasteiger partial charge >= 0.3 is 5.97 Å². The summed E-state index contributed by atoms with van der Waals surface area (Å²) >= 11 is 1.45. The SMILES string of the molecule is CCOC(=O)c1nc(NCc2cnccc2C)sc1C. The second kappa shape index (κ2) is 6.47. The number of anilines is 1. The molecule has 0 aliphatic carbocycles. The van der Waals surface area contributed by atoms with Crippen LogP contribution in [0.15, 0.2) is 18.5 Å². The van der Waals surface area contributed by atoms with Crippen LogP contribution in [-0.4, -0.2) is 22.5 Å². The Kier molecular flexibility index (Phi) is 4.68. The van der Waals surface area contributed by atoms with Crippen LogP contribution in [0.3, 0.4) is 0 Å². The number of esters is 1. The van der Waals surface area contributed by atoms with Crippen molar-refractivity contribution in [2.24, 2.45) is 0 Å². The van der Waals surface area contributed by atoms with E-state index < -0.39 is 0 Å². The van der Waals surface area contributed by atoms with Crippen LogP contribution in [-0.2, 0) is 11.3 Å². The fourth-order valence-electron chi connectivity index (χ4n) is 1.71. The second-order valence-electron chi connectivity index (χ2n) is 4.30.